The average molecular weight is 455 g/mol. The van der Waals surface area contributed by atoms with Crippen molar-refractivity contribution in [2.45, 2.75) is 52.1 Å². The standard InChI is InChI=1S/C24H31FN6O2/c1-4-6-19(14(3)26)30-24-18(25)13-17(22(27)32)23(31-24)28-16-8-9-20-15(12-16)7-10-21(29-20)33-11-5-2/h7-10,12-14,19H,4-6,11,26H2,1-3H3,(H2,27,32)(H2,28,30,31)/t14-,19+/m0/s1. The zero-order valence-corrected chi connectivity index (χ0v) is 19.2. The van der Waals surface area contributed by atoms with Crippen LogP contribution in [0.3, 0.4) is 0 Å². The minimum atomic E-state index is -0.784. The molecule has 0 radical (unpaired) electrons. The van der Waals surface area contributed by atoms with Gasteiger partial charge in [-0.2, -0.15) is 0 Å². The highest BCUT2D eigenvalue weighted by molar-refractivity contribution is 5.99. The number of benzene rings is 1. The summed E-state index contributed by atoms with van der Waals surface area (Å²) < 4.78 is 20.3. The molecule has 2 atom stereocenters. The van der Waals surface area contributed by atoms with E-state index in [1.54, 1.807) is 12.1 Å². The summed E-state index contributed by atoms with van der Waals surface area (Å²) in [6.07, 6.45) is 2.53. The van der Waals surface area contributed by atoms with Gasteiger partial charge in [-0.25, -0.2) is 14.4 Å². The molecule has 3 rings (SSSR count). The highest BCUT2D eigenvalue weighted by Gasteiger charge is 2.20. The van der Waals surface area contributed by atoms with Crippen molar-refractivity contribution in [3.63, 3.8) is 0 Å². The number of pyridine rings is 2. The number of nitrogens with two attached hydrogens (primary N) is 2. The van der Waals surface area contributed by atoms with Gasteiger partial charge in [0.15, 0.2) is 11.6 Å². The van der Waals surface area contributed by atoms with Crippen molar-refractivity contribution in [3.8, 4) is 5.88 Å². The van der Waals surface area contributed by atoms with E-state index in [1.165, 1.54) is 0 Å². The number of ether oxygens (including phenoxy) is 1. The van der Waals surface area contributed by atoms with Gasteiger partial charge in [0.1, 0.15) is 5.82 Å². The quantitative estimate of drug-likeness (QED) is 0.339. The van der Waals surface area contributed by atoms with Crippen molar-refractivity contribution in [1.29, 1.82) is 0 Å². The number of amides is 1. The van der Waals surface area contributed by atoms with Gasteiger partial charge in [0.2, 0.25) is 5.88 Å². The first-order valence-electron chi connectivity index (χ1n) is 11.2. The third-order valence-corrected chi connectivity index (χ3v) is 5.18. The second kappa shape index (κ2) is 10.9. The molecular formula is C24H31FN6O2. The Morgan fingerprint density at radius 3 is 2.58 bits per heavy atom. The zero-order chi connectivity index (χ0) is 24.0. The van der Waals surface area contributed by atoms with E-state index in [4.69, 9.17) is 16.2 Å². The van der Waals surface area contributed by atoms with E-state index in [0.29, 0.717) is 18.2 Å². The van der Waals surface area contributed by atoms with Gasteiger partial charge >= 0.3 is 0 Å². The number of hydrogen-bond donors (Lipinski definition) is 4. The number of halogens is 1. The maximum atomic E-state index is 14.7. The zero-order valence-electron chi connectivity index (χ0n) is 19.2. The van der Waals surface area contributed by atoms with Crippen LogP contribution in [0.2, 0.25) is 0 Å². The van der Waals surface area contributed by atoms with Crippen LogP contribution in [0.5, 0.6) is 5.88 Å². The molecule has 0 saturated heterocycles. The normalized spacial score (nSPS) is 12.9. The highest BCUT2D eigenvalue weighted by Crippen LogP contribution is 2.27. The van der Waals surface area contributed by atoms with Crippen molar-refractivity contribution in [2.24, 2.45) is 11.5 Å². The summed E-state index contributed by atoms with van der Waals surface area (Å²) in [6, 6.07) is 9.89. The Balaban J connectivity index is 1.92. The smallest absolute Gasteiger partial charge is 0.252 e. The van der Waals surface area contributed by atoms with Gasteiger partial charge in [-0.05, 0) is 50.1 Å². The largest absolute Gasteiger partial charge is 0.478 e. The predicted octanol–water partition coefficient (Wildman–Crippen LogP) is 4.33. The number of aromatic nitrogens is 2. The van der Waals surface area contributed by atoms with Crippen LogP contribution in [0.15, 0.2) is 36.4 Å². The lowest BCUT2D eigenvalue weighted by Gasteiger charge is -2.23. The Labute approximate surface area is 192 Å². The third kappa shape index (κ3) is 6.07. The molecular weight excluding hydrogens is 423 g/mol. The van der Waals surface area contributed by atoms with Gasteiger partial charge in [-0.1, -0.05) is 20.3 Å². The van der Waals surface area contributed by atoms with Crippen LogP contribution in [0.25, 0.3) is 10.9 Å². The summed E-state index contributed by atoms with van der Waals surface area (Å²) in [5.74, 6) is -0.723. The number of anilines is 3. The molecule has 0 saturated carbocycles. The molecule has 0 fully saturated rings. The van der Waals surface area contributed by atoms with Crippen LogP contribution in [-0.2, 0) is 0 Å². The molecule has 0 unspecified atom stereocenters. The van der Waals surface area contributed by atoms with Crippen LogP contribution in [-0.4, -0.2) is 34.6 Å². The fourth-order valence-corrected chi connectivity index (χ4v) is 3.43. The number of hydrogen-bond acceptors (Lipinski definition) is 7. The number of primary amides is 1. The van der Waals surface area contributed by atoms with E-state index in [1.807, 2.05) is 39.0 Å². The summed E-state index contributed by atoms with van der Waals surface area (Å²) in [7, 11) is 0. The Hall–Kier alpha value is -3.46. The van der Waals surface area contributed by atoms with Crippen molar-refractivity contribution in [2.75, 3.05) is 17.2 Å². The molecule has 33 heavy (non-hydrogen) atoms. The van der Waals surface area contributed by atoms with E-state index in [2.05, 4.69) is 20.6 Å². The molecule has 2 heterocycles. The molecule has 6 N–H and O–H groups in total. The molecule has 0 spiro atoms. The lowest BCUT2D eigenvalue weighted by atomic mass is 10.1. The molecule has 0 aliphatic carbocycles. The van der Waals surface area contributed by atoms with E-state index in [0.717, 1.165) is 36.2 Å². The number of rotatable bonds is 11. The molecule has 0 aliphatic heterocycles. The van der Waals surface area contributed by atoms with Crippen LogP contribution in [0.4, 0.5) is 21.7 Å². The summed E-state index contributed by atoms with van der Waals surface area (Å²) >= 11 is 0. The van der Waals surface area contributed by atoms with Gasteiger partial charge < -0.3 is 26.8 Å². The average Bonchev–Trinajstić information content (AvgIpc) is 2.78. The monoisotopic (exact) mass is 454 g/mol. The lowest BCUT2D eigenvalue weighted by molar-refractivity contribution is 0.100. The van der Waals surface area contributed by atoms with Gasteiger partial charge in [0.25, 0.3) is 5.91 Å². The van der Waals surface area contributed by atoms with Crippen LogP contribution in [0, 0.1) is 5.82 Å². The number of nitrogens with zero attached hydrogens (tertiary/aromatic N) is 2. The molecule has 0 bridgehead atoms. The van der Waals surface area contributed by atoms with E-state index >= 15 is 0 Å². The fourth-order valence-electron chi connectivity index (χ4n) is 3.43. The minimum Gasteiger partial charge on any atom is -0.478 e. The molecule has 0 aliphatic rings. The Morgan fingerprint density at radius 1 is 1.12 bits per heavy atom. The topological polar surface area (TPSA) is 128 Å². The Kier molecular flexibility index (Phi) is 8.00. The highest BCUT2D eigenvalue weighted by atomic mass is 19.1. The van der Waals surface area contributed by atoms with Gasteiger partial charge in [0, 0.05) is 29.2 Å². The maximum absolute atomic E-state index is 14.7. The predicted molar refractivity (Wildman–Crippen MR) is 129 cm³/mol. The van der Waals surface area contributed by atoms with Crippen molar-refractivity contribution in [3.05, 3.63) is 47.8 Å². The second-order valence-electron chi connectivity index (χ2n) is 8.01. The molecule has 1 aromatic carbocycles. The Morgan fingerprint density at radius 2 is 1.91 bits per heavy atom. The first-order valence-corrected chi connectivity index (χ1v) is 11.2. The van der Waals surface area contributed by atoms with E-state index in [-0.39, 0.29) is 29.3 Å². The molecule has 176 valence electrons. The number of nitrogens with one attached hydrogen (secondary N) is 2. The molecule has 1 amide bonds. The first-order chi connectivity index (χ1) is 15.8. The summed E-state index contributed by atoms with van der Waals surface area (Å²) in [4.78, 5) is 20.8. The van der Waals surface area contributed by atoms with Gasteiger partial charge in [-0.15, -0.1) is 0 Å². The summed E-state index contributed by atoms with van der Waals surface area (Å²) in [5.41, 5.74) is 12.9. The maximum Gasteiger partial charge on any atom is 0.252 e. The SMILES string of the molecule is CCCOc1ccc2cc(Nc3nc(N[C@H](CCC)[C@H](C)N)c(F)cc3C(N)=O)ccc2n1. The van der Waals surface area contributed by atoms with Crippen molar-refractivity contribution >= 4 is 34.1 Å². The number of fused-ring (bicyclic) bond motifs is 1. The van der Waals surface area contributed by atoms with Crippen LogP contribution < -0.4 is 26.8 Å². The first kappa shape index (κ1) is 24.2. The molecule has 9 heteroatoms. The molecule has 3 aromatic rings. The molecule has 2 aromatic heterocycles. The molecule has 8 nitrogen and oxygen atoms in total. The number of carbonyl (C=O) groups is 1. The lowest BCUT2D eigenvalue weighted by Crippen LogP contribution is -2.38. The Bertz CT molecular complexity index is 1120. The van der Waals surface area contributed by atoms with Gasteiger partial charge in [-0.3, -0.25) is 4.79 Å². The summed E-state index contributed by atoms with van der Waals surface area (Å²) in [6.45, 7) is 6.51. The second-order valence-corrected chi connectivity index (χ2v) is 8.01. The van der Waals surface area contributed by atoms with E-state index in [9.17, 15) is 9.18 Å². The third-order valence-electron chi connectivity index (χ3n) is 5.18. The van der Waals surface area contributed by atoms with Crippen molar-refractivity contribution in [1.82, 2.24) is 9.97 Å². The van der Waals surface area contributed by atoms with E-state index < -0.39 is 11.7 Å². The fraction of sp³-hybridized carbons (Fsp3) is 0.375. The number of carbonyl (C=O) groups excluding carboxylic acids is 1. The van der Waals surface area contributed by atoms with Gasteiger partial charge in [0.05, 0.1) is 17.7 Å². The van der Waals surface area contributed by atoms with Crippen LogP contribution >= 0.6 is 0 Å². The summed E-state index contributed by atoms with van der Waals surface area (Å²) in [5, 5.41) is 7.02. The van der Waals surface area contributed by atoms with Crippen LogP contribution in [0.1, 0.15) is 50.4 Å². The van der Waals surface area contributed by atoms with Crippen molar-refractivity contribution < 1.29 is 13.9 Å². The minimum absolute atomic E-state index is 0.0124.